The molecule has 1 aromatic carbocycles. The van der Waals surface area contributed by atoms with Gasteiger partial charge in [-0.1, -0.05) is 11.6 Å². The topological polar surface area (TPSA) is 168 Å². The van der Waals surface area contributed by atoms with E-state index < -0.39 is 5.91 Å². The number of rotatable bonds is 9. The second-order valence-corrected chi connectivity index (χ2v) is 8.24. The third-order valence-corrected chi connectivity index (χ3v) is 6.03. The molecule has 1 aliphatic heterocycles. The van der Waals surface area contributed by atoms with Gasteiger partial charge in [-0.2, -0.15) is 9.78 Å². The van der Waals surface area contributed by atoms with Gasteiger partial charge in [-0.05, 0) is 48.8 Å². The van der Waals surface area contributed by atoms with Crippen molar-refractivity contribution in [1.29, 1.82) is 0 Å². The predicted molar refractivity (Wildman–Crippen MR) is 129 cm³/mol. The molecule has 3 heterocycles. The van der Waals surface area contributed by atoms with Crippen molar-refractivity contribution in [2.45, 2.75) is 38.8 Å². The van der Waals surface area contributed by atoms with Gasteiger partial charge in [-0.3, -0.25) is 9.69 Å². The van der Waals surface area contributed by atoms with Crippen LogP contribution < -0.4 is 25.4 Å². The van der Waals surface area contributed by atoms with Crippen LogP contribution in [0.5, 0.6) is 17.2 Å². The van der Waals surface area contributed by atoms with Crippen LogP contribution >= 0.6 is 0 Å². The van der Waals surface area contributed by atoms with Gasteiger partial charge in [-0.15, -0.1) is 5.10 Å². The van der Waals surface area contributed by atoms with E-state index in [-0.39, 0.29) is 17.3 Å². The predicted octanol–water partition coefficient (Wildman–Crippen LogP) is 1.40. The van der Waals surface area contributed by atoms with Crippen LogP contribution in [0.25, 0.3) is 5.82 Å². The van der Waals surface area contributed by atoms with Gasteiger partial charge in [0.25, 0.3) is 5.91 Å². The van der Waals surface area contributed by atoms with Crippen LogP contribution in [-0.2, 0) is 6.54 Å². The van der Waals surface area contributed by atoms with Crippen molar-refractivity contribution in [3.63, 3.8) is 0 Å². The number of anilines is 1. The van der Waals surface area contributed by atoms with Gasteiger partial charge in [-0.25, -0.2) is 10.1 Å². The first kappa shape index (κ1) is 24.9. The second kappa shape index (κ2) is 11.0. The number of hydrogen-bond donors (Lipinski definition) is 2. The molecule has 1 amide bonds. The number of amides is 1. The summed E-state index contributed by atoms with van der Waals surface area (Å²) in [5.41, 5.74) is 9.61. The molecule has 36 heavy (non-hydrogen) atoms. The van der Waals surface area contributed by atoms with Gasteiger partial charge < -0.3 is 19.9 Å². The molecule has 14 heteroatoms. The third kappa shape index (κ3) is 5.07. The molecule has 192 valence electrons. The zero-order valence-electron chi connectivity index (χ0n) is 20.6. The van der Waals surface area contributed by atoms with Gasteiger partial charge in [0.2, 0.25) is 17.4 Å². The van der Waals surface area contributed by atoms with E-state index >= 15 is 0 Å². The SMILES string of the molecule is COc1cc(/C=N/NC(=O)c2nnn(-c3nonc3N)c2CN2CCCC[C@H]2C)cc(OC)c1OC. The molecule has 0 unspecified atom stereocenters. The highest BCUT2D eigenvalue weighted by atomic mass is 16.6. The minimum atomic E-state index is -0.542. The van der Waals surface area contributed by atoms with E-state index in [0.717, 1.165) is 19.4 Å². The zero-order valence-corrected chi connectivity index (χ0v) is 20.6. The van der Waals surface area contributed by atoms with E-state index in [1.54, 1.807) is 12.1 Å². The molecule has 1 atom stereocenters. The summed E-state index contributed by atoms with van der Waals surface area (Å²) in [5, 5.41) is 19.7. The van der Waals surface area contributed by atoms with Crippen molar-refractivity contribution in [1.82, 2.24) is 35.6 Å². The number of nitrogen functional groups attached to an aromatic ring is 1. The molecule has 0 radical (unpaired) electrons. The molecule has 0 aliphatic carbocycles. The quantitative estimate of drug-likeness (QED) is 0.322. The number of carbonyl (C=O) groups excluding carboxylic acids is 1. The normalized spacial score (nSPS) is 16.3. The van der Waals surface area contributed by atoms with Crippen LogP contribution in [0.3, 0.4) is 0 Å². The number of benzene rings is 1. The number of carbonyl (C=O) groups is 1. The molecular formula is C22H29N9O5. The lowest BCUT2D eigenvalue weighted by Crippen LogP contribution is -2.38. The van der Waals surface area contributed by atoms with Crippen molar-refractivity contribution >= 4 is 17.9 Å². The fraction of sp³-hybridized carbons (Fsp3) is 0.455. The molecule has 3 aromatic rings. The number of ether oxygens (including phenoxy) is 3. The highest BCUT2D eigenvalue weighted by Crippen LogP contribution is 2.37. The molecule has 1 saturated heterocycles. The van der Waals surface area contributed by atoms with Gasteiger partial charge >= 0.3 is 0 Å². The molecule has 14 nitrogen and oxygen atoms in total. The van der Waals surface area contributed by atoms with Crippen molar-refractivity contribution < 1.29 is 23.6 Å². The Morgan fingerprint density at radius 2 is 1.97 bits per heavy atom. The maximum absolute atomic E-state index is 13.1. The minimum Gasteiger partial charge on any atom is -0.493 e. The summed E-state index contributed by atoms with van der Waals surface area (Å²) in [6, 6.07) is 3.75. The lowest BCUT2D eigenvalue weighted by molar-refractivity contribution is 0.0945. The van der Waals surface area contributed by atoms with Gasteiger partial charge in [0, 0.05) is 18.2 Å². The molecule has 1 fully saturated rings. The molecule has 0 spiro atoms. The lowest BCUT2D eigenvalue weighted by Gasteiger charge is -2.33. The van der Waals surface area contributed by atoms with Crippen LogP contribution in [0.15, 0.2) is 21.9 Å². The van der Waals surface area contributed by atoms with Gasteiger partial charge in [0.1, 0.15) is 0 Å². The van der Waals surface area contributed by atoms with E-state index in [2.05, 4.69) is 43.0 Å². The number of piperidine rings is 1. The van der Waals surface area contributed by atoms with Crippen molar-refractivity contribution in [3.05, 3.63) is 29.1 Å². The Morgan fingerprint density at radius 1 is 1.22 bits per heavy atom. The zero-order chi connectivity index (χ0) is 25.7. The highest BCUT2D eigenvalue weighted by molar-refractivity contribution is 5.94. The van der Waals surface area contributed by atoms with Crippen LogP contribution in [-0.4, -0.2) is 76.2 Å². The average molecular weight is 500 g/mol. The van der Waals surface area contributed by atoms with Gasteiger partial charge in [0.05, 0.1) is 33.2 Å². The summed E-state index contributed by atoms with van der Waals surface area (Å²) in [4.78, 5) is 15.3. The monoisotopic (exact) mass is 499 g/mol. The smallest absolute Gasteiger partial charge is 0.293 e. The Balaban J connectivity index is 1.59. The Labute approximate surface area is 207 Å². The number of methoxy groups -OCH3 is 3. The van der Waals surface area contributed by atoms with Crippen LogP contribution in [0, 0.1) is 0 Å². The third-order valence-electron chi connectivity index (χ3n) is 6.03. The number of nitrogens with zero attached hydrogens (tertiary/aromatic N) is 7. The van der Waals surface area contributed by atoms with E-state index in [1.165, 1.54) is 38.6 Å². The number of hydrogen-bond acceptors (Lipinski definition) is 12. The summed E-state index contributed by atoms with van der Waals surface area (Å²) >= 11 is 0. The summed E-state index contributed by atoms with van der Waals surface area (Å²) in [7, 11) is 4.56. The summed E-state index contributed by atoms with van der Waals surface area (Å²) in [6.07, 6.45) is 4.76. The minimum absolute atomic E-state index is 0.0419. The number of hydrazone groups is 1. The molecule has 2 aromatic heterocycles. The van der Waals surface area contributed by atoms with Crippen molar-refractivity contribution in [3.8, 4) is 23.1 Å². The average Bonchev–Trinajstić information content (AvgIpc) is 3.50. The second-order valence-electron chi connectivity index (χ2n) is 8.24. The van der Waals surface area contributed by atoms with Crippen molar-refractivity contribution in [2.75, 3.05) is 33.6 Å². The molecule has 4 rings (SSSR count). The first-order valence-electron chi connectivity index (χ1n) is 11.4. The summed E-state index contributed by atoms with van der Waals surface area (Å²) < 4.78 is 22.1. The standard InChI is InChI=1S/C22H29N9O5/c1-13-7-5-6-8-30(13)12-15-18(25-29-31(15)21-20(23)27-36-28-21)22(32)26-24-11-14-9-16(33-2)19(35-4)17(10-14)34-3/h9-11,13H,5-8,12H2,1-4H3,(H2,23,27)(H,26,32)/b24-11+/t13-/m1/s1. The first-order valence-corrected chi connectivity index (χ1v) is 11.4. The maximum Gasteiger partial charge on any atom is 0.293 e. The number of aromatic nitrogens is 5. The molecule has 1 aliphatic rings. The molecule has 0 saturated carbocycles. The van der Waals surface area contributed by atoms with Gasteiger partial charge in [0.15, 0.2) is 17.2 Å². The first-order chi connectivity index (χ1) is 17.5. The number of likely N-dealkylation sites (tertiary alicyclic amines) is 1. The van der Waals surface area contributed by atoms with E-state index in [0.29, 0.717) is 41.1 Å². The Morgan fingerprint density at radius 3 is 2.58 bits per heavy atom. The molecular weight excluding hydrogens is 470 g/mol. The van der Waals surface area contributed by atoms with Crippen LogP contribution in [0.2, 0.25) is 0 Å². The Bertz CT molecular complexity index is 1210. The number of nitrogens with two attached hydrogens (primary N) is 1. The van der Waals surface area contributed by atoms with Crippen molar-refractivity contribution in [2.24, 2.45) is 5.10 Å². The van der Waals surface area contributed by atoms with Crippen LogP contribution in [0.4, 0.5) is 5.82 Å². The fourth-order valence-corrected chi connectivity index (χ4v) is 4.11. The molecule has 0 bridgehead atoms. The fourth-order valence-electron chi connectivity index (χ4n) is 4.11. The summed E-state index contributed by atoms with van der Waals surface area (Å²) in [6.45, 7) is 3.46. The highest BCUT2D eigenvalue weighted by Gasteiger charge is 2.28. The van der Waals surface area contributed by atoms with Crippen LogP contribution in [0.1, 0.15) is 47.9 Å². The largest absolute Gasteiger partial charge is 0.493 e. The summed E-state index contributed by atoms with van der Waals surface area (Å²) in [5.74, 6) is 1.05. The Kier molecular flexibility index (Phi) is 7.63. The molecule has 3 N–H and O–H groups in total. The van der Waals surface area contributed by atoms with E-state index in [1.807, 2.05) is 0 Å². The lowest BCUT2D eigenvalue weighted by atomic mass is 10.0. The Hall–Kier alpha value is -4.20. The van der Waals surface area contributed by atoms with E-state index in [9.17, 15) is 4.79 Å². The maximum atomic E-state index is 13.1. The van der Waals surface area contributed by atoms with E-state index in [4.69, 9.17) is 24.6 Å². The number of nitrogens with one attached hydrogen (secondary N) is 1.